The van der Waals surface area contributed by atoms with Gasteiger partial charge in [-0.15, -0.1) is 0 Å². The molecule has 0 bridgehead atoms. The lowest BCUT2D eigenvalue weighted by Crippen LogP contribution is -2.24. The van der Waals surface area contributed by atoms with Crippen molar-refractivity contribution in [2.24, 2.45) is 0 Å². The molecule has 0 amide bonds. The molecule has 1 saturated heterocycles. The second kappa shape index (κ2) is 8.74. The van der Waals surface area contributed by atoms with Gasteiger partial charge in [-0.3, -0.25) is 14.7 Å². The molecule has 31 heavy (non-hydrogen) atoms. The quantitative estimate of drug-likeness (QED) is 0.213. The summed E-state index contributed by atoms with van der Waals surface area (Å²) in [5.74, 6) is 0. The van der Waals surface area contributed by atoms with Crippen molar-refractivity contribution in [1.29, 1.82) is 0 Å². The molecular formula is C23H22N3O4P. The molecule has 1 atom stereocenters. The van der Waals surface area contributed by atoms with E-state index in [-0.39, 0.29) is 12.1 Å². The Hall–Kier alpha value is -3.44. The van der Waals surface area contributed by atoms with Crippen molar-refractivity contribution in [2.45, 2.75) is 12.1 Å². The summed E-state index contributed by atoms with van der Waals surface area (Å²) in [5, 5.41) is 11.8. The monoisotopic (exact) mass is 435 g/mol. The molecule has 7 nitrogen and oxygen atoms in total. The van der Waals surface area contributed by atoms with Crippen LogP contribution in [0.5, 0.6) is 0 Å². The summed E-state index contributed by atoms with van der Waals surface area (Å²) < 4.78 is 18.7. The van der Waals surface area contributed by atoms with Gasteiger partial charge in [0, 0.05) is 42.5 Å². The van der Waals surface area contributed by atoms with Gasteiger partial charge in [-0.05, 0) is 24.3 Å². The van der Waals surface area contributed by atoms with E-state index in [1.165, 1.54) is 6.07 Å². The van der Waals surface area contributed by atoms with Crippen LogP contribution in [0.1, 0.15) is 17.6 Å². The van der Waals surface area contributed by atoms with Gasteiger partial charge in [-0.2, -0.15) is 0 Å². The van der Waals surface area contributed by atoms with Crippen molar-refractivity contribution >= 4 is 30.8 Å². The molecule has 3 aromatic rings. The van der Waals surface area contributed by atoms with Gasteiger partial charge >= 0.3 is 0 Å². The molecule has 4 rings (SSSR count). The number of benzene rings is 3. The third-order valence-electron chi connectivity index (χ3n) is 5.54. The number of rotatable bonds is 7. The molecule has 3 aromatic carbocycles. The fraction of sp³-hybridized carbons (Fsp3) is 0.174. The highest BCUT2D eigenvalue weighted by atomic mass is 31.2. The molecule has 1 heterocycles. The van der Waals surface area contributed by atoms with Crippen LogP contribution in [-0.2, 0) is 9.36 Å². The summed E-state index contributed by atoms with van der Waals surface area (Å²) in [6.45, 7) is 0.957. The first-order chi connectivity index (χ1) is 15.1. The summed E-state index contributed by atoms with van der Waals surface area (Å²) >= 11 is 0. The van der Waals surface area contributed by atoms with Gasteiger partial charge in [-0.25, -0.2) is 0 Å². The van der Waals surface area contributed by atoms with Crippen LogP contribution in [0.3, 0.4) is 0 Å². The van der Waals surface area contributed by atoms with E-state index in [0.717, 1.165) is 11.4 Å². The topological polar surface area (TPSA) is 83.8 Å². The number of carbonyl (C=O) groups excluding carboxylic acids is 1. The van der Waals surface area contributed by atoms with E-state index in [1.54, 1.807) is 18.2 Å². The van der Waals surface area contributed by atoms with E-state index in [1.807, 2.05) is 70.0 Å². The first-order valence-electron chi connectivity index (χ1n) is 10.00. The fourth-order valence-electron chi connectivity index (χ4n) is 4.20. The third kappa shape index (κ3) is 3.73. The summed E-state index contributed by atoms with van der Waals surface area (Å²) in [6.07, 6.45) is 0.612. The number of aldehydes is 1. The lowest BCUT2D eigenvalue weighted by molar-refractivity contribution is -0.385. The molecule has 1 unspecified atom stereocenters. The normalized spacial score (nSPS) is 16.1. The van der Waals surface area contributed by atoms with Gasteiger partial charge in [0.25, 0.3) is 13.1 Å². The molecule has 158 valence electrons. The Labute approximate surface area is 180 Å². The van der Waals surface area contributed by atoms with E-state index in [0.29, 0.717) is 24.9 Å². The Morgan fingerprint density at radius 3 is 1.84 bits per heavy atom. The van der Waals surface area contributed by atoms with E-state index in [4.69, 9.17) is 0 Å². The summed E-state index contributed by atoms with van der Waals surface area (Å²) in [6, 6.07) is 25.0. The van der Waals surface area contributed by atoms with E-state index in [2.05, 4.69) is 0 Å². The number of nitro groups is 1. The van der Waals surface area contributed by atoms with Crippen molar-refractivity contribution in [3.05, 3.63) is 101 Å². The lowest BCUT2D eigenvalue weighted by Gasteiger charge is -2.37. The van der Waals surface area contributed by atoms with Crippen molar-refractivity contribution in [3.8, 4) is 0 Å². The smallest absolute Gasteiger partial charge is 0.273 e. The zero-order valence-electron chi connectivity index (χ0n) is 16.8. The molecule has 1 aliphatic heterocycles. The number of hydrogen-bond acceptors (Lipinski definition) is 4. The molecule has 1 fully saturated rings. The van der Waals surface area contributed by atoms with E-state index in [9.17, 15) is 14.9 Å². The van der Waals surface area contributed by atoms with Crippen molar-refractivity contribution < 1.29 is 14.3 Å². The predicted octanol–water partition coefficient (Wildman–Crippen LogP) is 5.44. The van der Waals surface area contributed by atoms with Crippen LogP contribution in [0.4, 0.5) is 17.1 Å². The van der Waals surface area contributed by atoms with E-state index >= 15 is 4.57 Å². The van der Waals surface area contributed by atoms with Gasteiger partial charge in [0.05, 0.1) is 10.6 Å². The number of anilines is 2. The van der Waals surface area contributed by atoms with Gasteiger partial charge in [-0.1, -0.05) is 54.6 Å². The molecule has 0 saturated carbocycles. The summed E-state index contributed by atoms with van der Waals surface area (Å²) in [7, 11) is -3.52. The predicted molar refractivity (Wildman–Crippen MR) is 122 cm³/mol. The molecule has 1 aliphatic rings. The highest BCUT2D eigenvalue weighted by Crippen LogP contribution is 2.70. The average Bonchev–Trinajstić information content (AvgIpc) is 3.16. The Kier molecular flexibility index (Phi) is 5.87. The van der Waals surface area contributed by atoms with Crippen LogP contribution < -0.4 is 9.34 Å². The fourth-order valence-corrected chi connectivity index (χ4v) is 7.76. The minimum absolute atomic E-state index is 0.0885. The van der Waals surface area contributed by atoms with Gasteiger partial charge in [0.1, 0.15) is 6.29 Å². The number of carbonyl (C=O) groups is 1. The van der Waals surface area contributed by atoms with E-state index < -0.39 is 18.0 Å². The van der Waals surface area contributed by atoms with Gasteiger partial charge in [0.15, 0.2) is 0 Å². The van der Waals surface area contributed by atoms with Crippen molar-refractivity contribution in [1.82, 2.24) is 0 Å². The standard InChI is InChI=1S/C23H22N3O4P/c27-18-15-23(21-13-7-8-14-22(21)26(28)29)31(30)24(19-9-3-1-4-10-19)16-17-25(31)20-11-5-2-6-12-20/h1-14,18,23H,15-17H2. The average molecular weight is 435 g/mol. The Morgan fingerprint density at radius 2 is 1.35 bits per heavy atom. The Morgan fingerprint density at radius 1 is 0.871 bits per heavy atom. The van der Waals surface area contributed by atoms with Crippen molar-refractivity contribution in [2.75, 3.05) is 22.4 Å². The SMILES string of the molecule is O=CCC(c1ccccc1[N+](=O)[O-])P1(=O)N(c2ccccc2)CCN1c1ccccc1. The van der Waals surface area contributed by atoms with Gasteiger partial charge < -0.3 is 14.1 Å². The number of hydrogen-bond donors (Lipinski definition) is 0. The Bertz CT molecular complexity index is 1070. The number of nitro benzene ring substituents is 1. The minimum atomic E-state index is -3.52. The lowest BCUT2D eigenvalue weighted by atomic mass is 10.1. The molecule has 0 radical (unpaired) electrons. The van der Waals surface area contributed by atoms with Crippen LogP contribution in [0.25, 0.3) is 0 Å². The third-order valence-corrected chi connectivity index (χ3v) is 9.09. The highest BCUT2D eigenvalue weighted by Gasteiger charge is 2.51. The second-order valence-electron chi connectivity index (χ2n) is 7.24. The van der Waals surface area contributed by atoms with Crippen molar-refractivity contribution in [3.63, 3.8) is 0 Å². The number of nitrogens with zero attached hydrogens (tertiary/aromatic N) is 3. The molecule has 8 heteroatoms. The van der Waals surface area contributed by atoms with Crippen LogP contribution in [0, 0.1) is 10.1 Å². The molecular weight excluding hydrogens is 413 g/mol. The maximum atomic E-state index is 15.0. The first kappa shape index (κ1) is 20.8. The van der Waals surface area contributed by atoms with Gasteiger partial charge in [0.2, 0.25) is 0 Å². The highest BCUT2D eigenvalue weighted by molar-refractivity contribution is 7.68. The molecule has 0 aliphatic carbocycles. The largest absolute Gasteiger partial charge is 0.305 e. The van der Waals surface area contributed by atoms with Crippen LogP contribution in [-0.4, -0.2) is 24.3 Å². The van der Waals surface area contributed by atoms with Crippen LogP contribution in [0.15, 0.2) is 84.9 Å². The molecule has 0 spiro atoms. The summed E-state index contributed by atoms with van der Waals surface area (Å²) in [5.41, 5.74) is 0.858. The zero-order chi connectivity index (χ0) is 21.8. The Balaban J connectivity index is 1.93. The second-order valence-corrected chi connectivity index (χ2v) is 10.0. The van der Waals surface area contributed by atoms with Crippen LogP contribution >= 0.6 is 7.44 Å². The zero-order valence-corrected chi connectivity index (χ0v) is 17.7. The maximum Gasteiger partial charge on any atom is 0.273 e. The maximum absolute atomic E-state index is 15.0. The number of para-hydroxylation sites is 3. The summed E-state index contributed by atoms with van der Waals surface area (Å²) in [4.78, 5) is 23.0. The van der Waals surface area contributed by atoms with Crippen LogP contribution in [0.2, 0.25) is 0 Å². The first-order valence-corrected chi connectivity index (χ1v) is 11.7. The molecule has 0 aromatic heterocycles. The molecule has 0 N–H and O–H groups in total. The minimum Gasteiger partial charge on any atom is -0.305 e.